The van der Waals surface area contributed by atoms with E-state index < -0.39 is 15.7 Å². The summed E-state index contributed by atoms with van der Waals surface area (Å²) >= 11 is 12.4. The van der Waals surface area contributed by atoms with E-state index in [9.17, 15) is 18.0 Å². The highest BCUT2D eigenvalue weighted by atomic mass is 35.5. The van der Waals surface area contributed by atoms with E-state index in [0.29, 0.717) is 5.56 Å². The number of anilines is 2. The van der Waals surface area contributed by atoms with Crippen molar-refractivity contribution in [2.45, 2.75) is 0 Å². The van der Waals surface area contributed by atoms with E-state index >= 15 is 0 Å². The molecule has 0 atom stereocenters. The van der Waals surface area contributed by atoms with Crippen molar-refractivity contribution in [2.75, 3.05) is 29.9 Å². The van der Waals surface area contributed by atoms with Crippen LogP contribution in [0.5, 0.6) is 0 Å². The van der Waals surface area contributed by atoms with Gasteiger partial charge in [-0.1, -0.05) is 29.3 Å². The number of sulfone groups is 1. The molecule has 0 radical (unpaired) electrons. The second kappa shape index (κ2) is 8.96. The monoisotopic (exact) mass is 509 g/mol. The average Bonchev–Trinajstić information content (AvgIpc) is 3.17. The molecular weight excluding hydrogens is 493 g/mol. The molecule has 1 saturated heterocycles. The summed E-state index contributed by atoms with van der Waals surface area (Å²) in [5.41, 5.74) is 5.83. The molecule has 172 valence electrons. The first-order valence-corrected chi connectivity index (χ1v) is 12.2. The van der Waals surface area contributed by atoms with Crippen LogP contribution in [-0.4, -0.2) is 69.7 Å². The molecule has 0 spiro atoms. The van der Waals surface area contributed by atoms with Gasteiger partial charge in [0.05, 0.1) is 27.1 Å². The summed E-state index contributed by atoms with van der Waals surface area (Å²) in [7, 11) is -3.10. The summed E-state index contributed by atoms with van der Waals surface area (Å²) < 4.78 is 23.1. The number of halogens is 2. The Morgan fingerprint density at radius 3 is 2.27 bits per heavy atom. The molecule has 0 saturated carbocycles. The van der Waals surface area contributed by atoms with Crippen molar-refractivity contribution in [1.29, 1.82) is 0 Å². The van der Waals surface area contributed by atoms with Gasteiger partial charge in [-0.2, -0.15) is 0 Å². The number of para-hydroxylation sites is 1. The molecule has 1 aromatic carbocycles. The molecule has 33 heavy (non-hydrogen) atoms. The summed E-state index contributed by atoms with van der Waals surface area (Å²) in [6.45, 7) is 0.272. The molecule has 3 aromatic rings. The molecule has 11 nitrogen and oxygen atoms in total. The standard InChI is InChI=1S/C19H17Cl2N7O4S/c20-12-2-1-3-13(21)16(12)28-25-15(17(22)29)18(26-28)24-14-5-4-11(10-23-14)19(30)27-6-8-33(31,32)9-7-27/h1-5,10H,6-9H2,(H2,22,29)(H,23,24,26). The van der Waals surface area contributed by atoms with E-state index in [1.165, 1.54) is 23.2 Å². The van der Waals surface area contributed by atoms with Crippen molar-refractivity contribution >= 4 is 56.5 Å². The van der Waals surface area contributed by atoms with Gasteiger partial charge in [0.1, 0.15) is 11.5 Å². The van der Waals surface area contributed by atoms with E-state index in [0.717, 1.165) is 4.80 Å². The Hall–Kier alpha value is -3.22. The first-order chi connectivity index (χ1) is 15.6. The Bertz CT molecular complexity index is 1310. The summed E-state index contributed by atoms with van der Waals surface area (Å²) in [5, 5.41) is 11.7. The Labute approximate surface area is 198 Å². The summed E-state index contributed by atoms with van der Waals surface area (Å²) in [4.78, 5) is 31.2. The fraction of sp³-hybridized carbons (Fsp3) is 0.211. The van der Waals surface area contributed by atoms with Crippen LogP contribution in [0.4, 0.5) is 11.6 Å². The topological polar surface area (TPSA) is 153 Å². The van der Waals surface area contributed by atoms with Crippen molar-refractivity contribution in [3.63, 3.8) is 0 Å². The predicted molar refractivity (Wildman–Crippen MR) is 122 cm³/mol. The Morgan fingerprint density at radius 2 is 1.70 bits per heavy atom. The van der Waals surface area contributed by atoms with E-state index in [-0.39, 0.29) is 63.6 Å². The molecular formula is C19H17Cl2N7O4S. The first-order valence-electron chi connectivity index (χ1n) is 9.59. The van der Waals surface area contributed by atoms with Crippen molar-refractivity contribution in [2.24, 2.45) is 5.73 Å². The fourth-order valence-corrected chi connectivity index (χ4v) is 4.90. The number of nitrogens with one attached hydrogen (secondary N) is 1. The van der Waals surface area contributed by atoms with Crippen LogP contribution in [0.25, 0.3) is 5.69 Å². The largest absolute Gasteiger partial charge is 0.364 e. The fourth-order valence-electron chi connectivity index (χ4n) is 3.15. The third-order valence-electron chi connectivity index (χ3n) is 4.87. The normalized spacial score (nSPS) is 15.3. The summed E-state index contributed by atoms with van der Waals surface area (Å²) in [6.07, 6.45) is 1.34. The van der Waals surface area contributed by atoms with Crippen LogP contribution in [0.3, 0.4) is 0 Å². The second-order valence-corrected chi connectivity index (χ2v) is 10.2. The van der Waals surface area contributed by atoms with Crippen molar-refractivity contribution in [3.8, 4) is 5.69 Å². The second-order valence-electron chi connectivity index (χ2n) is 7.12. The average molecular weight is 510 g/mol. The Kier molecular flexibility index (Phi) is 6.23. The van der Waals surface area contributed by atoms with Gasteiger partial charge in [0.15, 0.2) is 21.3 Å². The number of carbonyl (C=O) groups is 2. The maximum Gasteiger partial charge on any atom is 0.273 e. The van der Waals surface area contributed by atoms with E-state index in [1.54, 1.807) is 18.2 Å². The highest BCUT2D eigenvalue weighted by Crippen LogP contribution is 2.28. The van der Waals surface area contributed by atoms with Gasteiger partial charge in [0, 0.05) is 19.3 Å². The molecule has 0 unspecified atom stereocenters. The van der Waals surface area contributed by atoms with Crippen LogP contribution < -0.4 is 11.1 Å². The molecule has 1 aliphatic rings. The third kappa shape index (κ3) is 4.92. The minimum atomic E-state index is -3.10. The van der Waals surface area contributed by atoms with Crippen LogP contribution in [0.2, 0.25) is 10.0 Å². The van der Waals surface area contributed by atoms with Gasteiger partial charge >= 0.3 is 0 Å². The number of nitrogens with zero attached hydrogens (tertiary/aromatic N) is 5. The maximum absolute atomic E-state index is 12.6. The lowest BCUT2D eigenvalue weighted by atomic mass is 10.2. The van der Waals surface area contributed by atoms with Crippen molar-refractivity contribution in [1.82, 2.24) is 24.9 Å². The molecule has 1 aliphatic heterocycles. The highest BCUT2D eigenvalue weighted by molar-refractivity contribution is 7.91. The van der Waals surface area contributed by atoms with Gasteiger partial charge < -0.3 is 16.0 Å². The zero-order chi connectivity index (χ0) is 23.8. The minimum absolute atomic E-state index is 0.0197. The molecule has 2 aromatic heterocycles. The number of hydrogen-bond donors (Lipinski definition) is 2. The minimum Gasteiger partial charge on any atom is -0.364 e. The van der Waals surface area contributed by atoms with Crippen LogP contribution >= 0.6 is 23.2 Å². The highest BCUT2D eigenvalue weighted by Gasteiger charge is 2.26. The van der Waals surface area contributed by atoms with Crippen LogP contribution in [0, 0.1) is 0 Å². The molecule has 1 fully saturated rings. The number of amides is 2. The number of benzene rings is 1. The predicted octanol–water partition coefficient (Wildman–Crippen LogP) is 1.68. The maximum atomic E-state index is 12.6. The number of rotatable bonds is 5. The SMILES string of the molecule is NC(=O)c1nn(-c2c(Cl)cccc2Cl)nc1Nc1ccc(C(=O)N2CCS(=O)(=O)CC2)cn1. The third-order valence-corrected chi connectivity index (χ3v) is 7.09. The van der Waals surface area contributed by atoms with Gasteiger partial charge in [-0.3, -0.25) is 9.59 Å². The summed E-state index contributed by atoms with van der Waals surface area (Å²) in [6, 6.07) is 7.89. The molecule has 0 aliphatic carbocycles. The Balaban J connectivity index is 1.55. The number of nitrogens with two attached hydrogens (primary N) is 1. The molecule has 2 amide bonds. The van der Waals surface area contributed by atoms with E-state index in [4.69, 9.17) is 28.9 Å². The lowest BCUT2D eigenvalue weighted by Crippen LogP contribution is -2.43. The quantitative estimate of drug-likeness (QED) is 0.526. The summed E-state index contributed by atoms with van der Waals surface area (Å²) in [5.74, 6) is -0.988. The number of aromatic nitrogens is 4. The van der Waals surface area contributed by atoms with Gasteiger partial charge in [0.25, 0.3) is 11.8 Å². The molecule has 14 heteroatoms. The van der Waals surface area contributed by atoms with E-state index in [1.807, 2.05) is 0 Å². The number of carbonyl (C=O) groups excluding carboxylic acids is 2. The smallest absolute Gasteiger partial charge is 0.273 e. The van der Waals surface area contributed by atoms with Crippen LogP contribution in [0.1, 0.15) is 20.8 Å². The van der Waals surface area contributed by atoms with Crippen molar-refractivity contribution in [3.05, 3.63) is 57.8 Å². The van der Waals surface area contributed by atoms with E-state index in [2.05, 4.69) is 20.5 Å². The Morgan fingerprint density at radius 1 is 1.03 bits per heavy atom. The van der Waals surface area contributed by atoms with Crippen molar-refractivity contribution < 1.29 is 18.0 Å². The van der Waals surface area contributed by atoms with Gasteiger partial charge in [0.2, 0.25) is 0 Å². The molecule has 3 N–H and O–H groups in total. The number of hydrogen-bond acceptors (Lipinski definition) is 8. The van der Waals surface area contributed by atoms with Gasteiger partial charge in [-0.05, 0) is 24.3 Å². The zero-order valence-corrected chi connectivity index (χ0v) is 19.2. The first kappa shape index (κ1) is 23.0. The zero-order valence-electron chi connectivity index (χ0n) is 16.9. The van der Waals surface area contributed by atoms with Gasteiger partial charge in [-0.15, -0.1) is 15.0 Å². The van der Waals surface area contributed by atoms with Crippen LogP contribution in [0.15, 0.2) is 36.5 Å². The molecule has 3 heterocycles. The molecule has 0 bridgehead atoms. The number of pyridine rings is 1. The lowest BCUT2D eigenvalue weighted by molar-refractivity contribution is 0.0769. The van der Waals surface area contributed by atoms with Crippen LogP contribution in [-0.2, 0) is 9.84 Å². The molecule has 4 rings (SSSR count). The van der Waals surface area contributed by atoms with Gasteiger partial charge in [-0.25, -0.2) is 13.4 Å². The number of primary amides is 1. The lowest BCUT2D eigenvalue weighted by Gasteiger charge is -2.26.